The molecule has 0 amide bonds. The monoisotopic (exact) mass is 623 g/mol. The lowest BCUT2D eigenvalue weighted by atomic mass is 10.1. The zero-order chi connectivity index (χ0) is 30.1. The Morgan fingerprint density at radius 3 is 2.56 bits per heavy atom. The molecule has 1 fully saturated rings. The maximum absolute atomic E-state index is 8.87. The van der Waals surface area contributed by atoms with Gasteiger partial charge in [0.1, 0.15) is 30.8 Å². The van der Waals surface area contributed by atoms with Crippen molar-refractivity contribution in [1.29, 1.82) is 0 Å². The topological polar surface area (TPSA) is 78.2 Å². The van der Waals surface area contributed by atoms with E-state index in [0.29, 0.717) is 42.0 Å². The van der Waals surface area contributed by atoms with Crippen LogP contribution in [0.2, 0.25) is 10.0 Å². The molecule has 2 heterocycles. The van der Waals surface area contributed by atoms with Crippen molar-refractivity contribution in [2.45, 2.75) is 25.0 Å². The number of imidazole rings is 1. The molecule has 4 aromatic rings. The number of ether oxygens (including phenoxy) is 4. The average Bonchev–Trinajstić information content (AvgIpc) is 3.67. The predicted molar refractivity (Wildman–Crippen MR) is 168 cm³/mol. The van der Waals surface area contributed by atoms with Gasteiger partial charge < -0.3 is 28.6 Å². The van der Waals surface area contributed by atoms with E-state index < -0.39 is 5.79 Å². The molecule has 3 aromatic carbocycles. The van der Waals surface area contributed by atoms with Gasteiger partial charge in [0.2, 0.25) is 5.79 Å². The maximum atomic E-state index is 8.87. The van der Waals surface area contributed by atoms with Crippen molar-refractivity contribution in [3.05, 3.63) is 118 Å². The number of nitrogens with zero attached hydrogens (tertiary/aromatic N) is 3. The number of hydrogen-bond acceptors (Lipinski definition) is 7. The van der Waals surface area contributed by atoms with Crippen LogP contribution in [-0.2, 0) is 28.4 Å². The molecule has 10 heteroatoms. The molecule has 0 unspecified atom stereocenters. The van der Waals surface area contributed by atoms with Crippen molar-refractivity contribution in [3.8, 4) is 11.5 Å². The summed E-state index contributed by atoms with van der Waals surface area (Å²) < 4.78 is 26.1. The summed E-state index contributed by atoms with van der Waals surface area (Å²) >= 11 is 12.7. The molecule has 0 saturated carbocycles. The molecule has 2 atom stereocenters. The van der Waals surface area contributed by atoms with Crippen LogP contribution < -0.4 is 9.47 Å². The molecular formula is C33H35Cl2N3O5. The van der Waals surface area contributed by atoms with E-state index in [2.05, 4.69) is 41.2 Å². The van der Waals surface area contributed by atoms with Crippen molar-refractivity contribution >= 4 is 29.3 Å². The maximum Gasteiger partial charge on any atom is 0.215 e. The van der Waals surface area contributed by atoms with Gasteiger partial charge >= 0.3 is 0 Å². The third-order valence-electron chi connectivity index (χ3n) is 6.93. The highest BCUT2D eigenvalue weighted by Crippen LogP contribution is 2.40. The third kappa shape index (κ3) is 8.60. The Bertz CT molecular complexity index is 1470. The molecular weight excluding hydrogens is 589 g/mol. The summed E-state index contributed by atoms with van der Waals surface area (Å²) in [7, 11) is 2.08. The van der Waals surface area contributed by atoms with Crippen molar-refractivity contribution in [1.82, 2.24) is 14.5 Å². The standard InChI is InChI=1S/C33H35Cl2N3O5/c1-37(15-2-3-25-4-9-28(10-5-25)40-18-17-39)20-26-6-11-29(12-7-26)41-21-30-22-42-33(43-30,23-38-16-14-36-24-38)31-13-8-27(34)19-32(31)35/h2-14,16,19,24,30,39H,15,17-18,20-23H2,1H3/t30-,33-/m1/s1. The molecule has 1 aliphatic rings. The molecule has 8 nitrogen and oxygen atoms in total. The van der Waals surface area contributed by atoms with E-state index >= 15 is 0 Å². The fourth-order valence-corrected chi connectivity index (χ4v) is 5.39. The lowest BCUT2D eigenvalue weighted by molar-refractivity contribution is -0.189. The summed E-state index contributed by atoms with van der Waals surface area (Å²) in [5.41, 5.74) is 2.99. The Morgan fingerprint density at radius 2 is 1.84 bits per heavy atom. The predicted octanol–water partition coefficient (Wildman–Crippen LogP) is 6.05. The summed E-state index contributed by atoms with van der Waals surface area (Å²) in [5.74, 6) is 0.427. The van der Waals surface area contributed by atoms with Gasteiger partial charge in [-0.2, -0.15) is 0 Å². The molecule has 0 spiro atoms. The molecule has 5 rings (SSSR count). The highest BCUT2D eigenvalue weighted by atomic mass is 35.5. The first kappa shape index (κ1) is 31.1. The van der Waals surface area contributed by atoms with E-state index in [-0.39, 0.29) is 12.7 Å². The van der Waals surface area contributed by atoms with Crippen LogP contribution in [0.4, 0.5) is 0 Å². The van der Waals surface area contributed by atoms with Crippen LogP contribution in [-0.4, -0.2) is 65.7 Å². The fourth-order valence-electron chi connectivity index (χ4n) is 4.84. The van der Waals surface area contributed by atoms with Crippen molar-refractivity contribution in [3.63, 3.8) is 0 Å². The van der Waals surface area contributed by atoms with Gasteiger partial charge in [0.05, 0.1) is 31.1 Å². The molecule has 43 heavy (non-hydrogen) atoms. The van der Waals surface area contributed by atoms with Crippen LogP contribution in [0.1, 0.15) is 16.7 Å². The summed E-state index contributed by atoms with van der Waals surface area (Å²) in [6.45, 7) is 2.97. The molecule has 0 radical (unpaired) electrons. The number of hydrogen-bond donors (Lipinski definition) is 1. The normalized spacial score (nSPS) is 18.5. The van der Waals surface area contributed by atoms with E-state index in [1.807, 2.05) is 53.2 Å². The Morgan fingerprint density at radius 1 is 1.07 bits per heavy atom. The number of benzene rings is 3. The van der Waals surface area contributed by atoms with E-state index in [4.69, 9.17) is 47.3 Å². The Labute approximate surface area is 262 Å². The molecule has 1 aliphatic heterocycles. The van der Waals surface area contributed by atoms with Crippen LogP contribution in [0.5, 0.6) is 11.5 Å². The van der Waals surface area contributed by atoms with Crippen LogP contribution in [0.15, 0.2) is 91.5 Å². The van der Waals surface area contributed by atoms with Crippen LogP contribution in [0.25, 0.3) is 6.08 Å². The Balaban J connectivity index is 1.11. The van der Waals surface area contributed by atoms with Crippen molar-refractivity contribution in [2.75, 3.05) is 40.0 Å². The fraction of sp³-hybridized carbons (Fsp3) is 0.303. The lowest BCUT2D eigenvalue weighted by Gasteiger charge is -2.30. The molecule has 226 valence electrons. The van der Waals surface area contributed by atoms with E-state index in [1.165, 1.54) is 5.56 Å². The van der Waals surface area contributed by atoms with Crippen LogP contribution in [0.3, 0.4) is 0 Å². The second kappa shape index (κ2) is 14.9. The summed E-state index contributed by atoms with van der Waals surface area (Å²) in [5, 5.41) is 9.89. The Hall–Kier alpha value is -3.37. The van der Waals surface area contributed by atoms with E-state index in [1.54, 1.807) is 24.7 Å². The summed E-state index contributed by atoms with van der Waals surface area (Å²) in [6, 6.07) is 21.2. The van der Waals surface area contributed by atoms with Gasteiger partial charge in [-0.1, -0.05) is 65.7 Å². The van der Waals surface area contributed by atoms with Gasteiger partial charge in [-0.3, -0.25) is 4.90 Å². The highest BCUT2D eigenvalue weighted by molar-refractivity contribution is 6.35. The van der Waals surface area contributed by atoms with Gasteiger partial charge in [0.15, 0.2) is 0 Å². The molecule has 1 aromatic heterocycles. The lowest BCUT2D eigenvalue weighted by Crippen LogP contribution is -2.34. The number of aliphatic hydroxyl groups is 1. The van der Waals surface area contributed by atoms with Gasteiger partial charge in [0, 0.05) is 36.1 Å². The Kier molecular flexibility index (Phi) is 10.8. The smallest absolute Gasteiger partial charge is 0.215 e. The minimum Gasteiger partial charge on any atom is -0.491 e. The van der Waals surface area contributed by atoms with Crippen molar-refractivity contribution in [2.24, 2.45) is 0 Å². The SMILES string of the molecule is CN(CC=Cc1ccc(OCCO)cc1)Cc1ccc(OC[C@@H]2CO[C@@](Cn3ccnc3)(c3ccc(Cl)cc3Cl)O2)cc1. The molecule has 1 saturated heterocycles. The van der Waals surface area contributed by atoms with Gasteiger partial charge in [-0.05, 0) is 54.6 Å². The molecule has 0 aliphatic carbocycles. The highest BCUT2D eigenvalue weighted by Gasteiger charge is 2.45. The first-order valence-electron chi connectivity index (χ1n) is 14.1. The van der Waals surface area contributed by atoms with Gasteiger partial charge in [-0.15, -0.1) is 0 Å². The van der Waals surface area contributed by atoms with Gasteiger partial charge in [-0.25, -0.2) is 4.98 Å². The molecule has 1 N–H and O–H groups in total. The van der Waals surface area contributed by atoms with E-state index in [9.17, 15) is 0 Å². The zero-order valence-corrected chi connectivity index (χ0v) is 25.5. The second-order valence-electron chi connectivity index (χ2n) is 10.4. The third-order valence-corrected chi connectivity index (χ3v) is 7.48. The first-order chi connectivity index (χ1) is 20.9. The van der Waals surface area contributed by atoms with Gasteiger partial charge in [0.25, 0.3) is 0 Å². The quantitative estimate of drug-likeness (QED) is 0.183. The second-order valence-corrected chi connectivity index (χ2v) is 11.2. The summed E-state index contributed by atoms with van der Waals surface area (Å²) in [4.78, 5) is 6.37. The number of aromatic nitrogens is 2. The zero-order valence-electron chi connectivity index (χ0n) is 23.9. The average molecular weight is 625 g/mol. The number of rotatable bonds is 14. The van der Waals surface area contributed by atoms with Crippen LogP contribution in [0, 0.1) is 0 Å². The number of aliphatic hydroxyl groups excluding tert-OH is 1. The minimum atomic E-state index is -1.09. The number of likely N-dealkylation sites (N-methyl/N-ethyl adjacent to an activating group) is 1. The first-order valence-corrected chi connectivity index (χ1v) is 14.8. The summed E-state index contributed by atoms with van der Waals surface area (Å²) in [6.07, 6.45) is 9.21. The van der Waals surface area contributed by atoms with Crippen molar-refractivity contribution < 1.29 is 24.1 Å². The molecule has 0 bridgehead atoms. The minimum absolute atomic E-state index is 0.00510. The largest absolute Gasteiger partial charge is 0.491 e. The van der Waals surface area contributed by atoms with Crippen LogP contribution >= 0.6 is 23.2 Å². The van der Waals surface area contributed by atoms with E-state index in [0.717, 1.165) is 30.2 Å². The number of halogens is 2.